The van der Waals surface area contributed by atoms with Crippen LogP contribution in [-0.4, -0.2) is 27.0 Å². The molecule has 1 N–H and O–H groups in total. The SMILES string of the molecule is COc1ccc2nc(-c3cccnc3)nc(Nc3nc(-c4ccccc4)c(C)s3)c2c1. The standard InChI is InChI=1S/C24H19N5OS/c1-15-21(16-7-4-3-5-8-16)27-24(31-15)29-23-19-13-18(30-2)10-11-20(19)26-22(28-23)17-9-6-12-25-14-17/h3-14H,1-2H3,(H,26,27,28,29). The summed E-state index contributed by atoms with van der Waals surface area (Å²) in [6.07, 6.45) is 3.49. The van der Waals surface area contributed by atoms with Crippen molar-refractivity contribution >= 4 is 33.2 Å². The number of ether oxygens (including phenoxy) is 1. The molecule has 0 saturated heterocycles. The second kappa shape index (κ2) is 8.12. The zero-order chi connectivity index (χ0) is 21.2. The lowest BCUT2D eigenvalue weighted by Crippen LogP contribution is -2.00. The minimum atomic E-state index is 0.602. The number of thiazole rings is 1. The molecule has 3 aromatic heterocycles. The Morgan fingerprint density at radius 2 is 1.74 bits per heavy atom. The average molecular weight is 426 g/mol. The first-order chi connectivity index (χ1) is 15.2. The molecule has 0 spiro atoms. The maximum Gasteiger partial charge on any atom is 0.189 e. The van der Waals surface area contributed by atoms with Crippen LogP contribution in [0.2, 0.25) is 0 Å². The number of aromatic nitrogens is 4. The van der Waals surface area contributed by atoms with Crippen molar-refractivity contribution in [2.45, 2.75) is 6.92 Å². The highest BCUT2D eigenvalue weighted by Gasteiger charge is 2.15. The van der Waals surface area contributed by atoms with Crippen LogP contribution < -0.4 is 10.1 Å². The lowest BCUT2D eigenvalue weighted by atomic mass is 10.1. The second-order valence-electron chi connectivity index (χ2n) is 6.94. The Morgan fingerprint density at radius 1 is 0.903 bits per heavy atom. The van der Waals surface area contributed by atoms with Gasteiger partial charge in [-0.2, -0.15) is 0 Å². The van der Waals surface area contributed by atoms with E-state index >= 15 is 0 Å². The fraction of sp³-hybridized carbons (Fsp3) is 0.0833. The third-order valence-electron chi connectivity index (χ3n) is 4.89. The van der Waals surface area contributed by atoms with Crippen molar-refractivity contribution in [3.63, 3.8) is 0 Å². The maximum absolute atomic E-state index is 5.42. The number of benzene rings is 2. The quantitative estimate of drug-likeness (QED) is 0.379. The van der Waals surface area contributed by atoms with Crippen molar-refractivity contribution in [3.8, 4) is 28.4 Å². The van der Waals surface area contributed by atoms with Gasteiger partial charge in [0.1, 0.15) is 11.6 Å². The van der Waals surface area contributed by atoms with Crippen LogP contribution in [0.15, 0.2) is 73.1 Å². The minimum Gasteiger partial charge on any atom is -0.497 e. The molecule has 0 bridgehead atoms. The summed E-state index contributed by atoms with van der Waals surface area (Å²) in [7, 11) is 1.65. The highest BCUT2D eigenvalue weighted by Crippen LogP contribution is 2.34. The van der Waals surface area contributed by atoms with Crippen molar-refractivity contribution in [2.75, 3.05) is 12.4 Å². The summed E-state index contributed by atoms with van der Waals surface area (Å²) >= 11 is 1.60. The van der Waals surface area contributed by atoms with Crippen molar-refractivity contribution in [2.24, 2.45) is 0 Å². The van der Waals surface area contributed by atoms with E-state index in [0.29, 0.717) is 11.6 Å². The van der Waals surface area contributed by atoms with Crippen LogP contribution in [0.25, 0.3) is 33.5 Å². The highest BCUT2D eigenvalue weighted by atomic mass is 32.1. The van der Waals surface area contributed by atoms with Gasteiger partial charge in [-0.1, -0.05) is 30.3 Å². The number of pyridine rings is 1. The number of nitrogens with one attached hydrogen (secondary N) is 1. The molecule has 6 nitrogen and oxygen atoms in total. The van der Waals surface area contributed by atoms with Crippen LogP contribution in [0.4, 0.5) is 10.9 Å². The van der Waals surface area contributed by atoms with E-state index in [4.69, 9.17) is 19.7 Å². The number of fused-ring (bicyclic) bond motifs is 1. The second-order valence-corrected chi connectivity index (χ2v) is 8.14. The van der Waals surface area contributed by atoms with Crippen LogP contribution in [0.5, 0.6) is 5.75 Å². The van der Waals surface area contributed by atoms with Crippen LogP contribution in [0.1, 0.15) is 4.88 Å². The predicted molar refractivity (Wildman–Crippen MR) is 125 cm³/mol. The fourth-order valence-electron chi connectivity index (χ4n) is 3.37. The Morgan fingerprint density at radius 3 is 2.52 bits per heavy atom. The predicted octanol–water partition coefficient (Wildman–Crippen LogP) is 5.88. The number of rotatable bonds is 5. The molecule has 0 amide bonds. The molecule has 0 aliphatic rings. The fourth-order valence-corrected chi connectivity index (χ4v) is 4.20. The number of nitrogens with zero attached hydrogens (tertiary/aromatic N) is 4. The van der Waals surface area contributed by atoms with E-state index in [2.05, 4.69) is 29.4 Å². The monoisotopic (exact) mass is 425 g/mol. The molecule has 0 radical (unpaired) electrons. The molecule has 0 saturated carbocycles. The molecule has 3 heterocycles. The average Bonchev–Trinajstić information content (AvgIpc) is 3.19. The number of hydrogen-bond donors (Lipinski definition) is 1. The number of anilines is 2. The summed E-state index contributed by atoms with van der Waals surface area (Å²) in [6.45, 7) is 2.08. The largest absolute Gasteiger partial charge is 0.497 e. The first kappa shape index (κ1) is 19.1. The summed E-state index contributed by atoms with van der Waals surface area (Å²) in [5.74, 6) is 2.02. The third-order valence-corrected chi connectivity index (χ3v) is 5.78. The number of hydrogen-bond acceptors (Lipinski definition) is 7. The van der Waals surface area contributed by atoms with E-state index in [-0.39, 0.29) is 0 Å². The Hall–Kier alpha value is -3.84. The molecule has 0 aliphatic carbocycles. The number of methoxy groups -OCH3 is 1. The zero-order valence-corrected chi connectivity index (χ0v) is 17.9. The highest BCUT2D eigenvalue weighted by molar-refractivity contribution is 7.16. The molecule has 0 unspecified atom stereocenters. The summed E-state index contributed by atoms with van der Waals surface area (Å²) in [5.41, 5.74) is 3.73. The van der Waals surface area contributed by atoms with E-state index in [1.807, 2.05) is 48.5 Å². The minimum absolute atomic E-state index is 0.602. The Bertz CT molecular complexity index is 1350. The molecule has 5 aromatic rings. The normalized spacial score (nSPS) is 10.9. The van der Waals surface area contributed by atoms with E-state index in [0.717, 1.165) is 43.5 Å². The van der Waals surface area contributed by atoms with Gasteiger partial charge in [-0.05, 0) is 37.3 Å². The van der Waals surface area contributed by atoms with Crippen molar-refractivity contribution in [1.82, 2.24) is 19.9 Å². The van der Waals surface area contributed by atoms with Gasteiger partial charge in [-0.15, -0.1) is 11.3 Å². The van der Waals surface area contributed by atoms with Crippen LogP contribution in [-0.2, 0) is 0 Å². The molecule has 0 fully saturated rings. The van der Waals surface area contributed by atoms with Gasteiger partial charge in [0, 0.05) is 33.8 Å². The summed E-state index contributed by atoms with van der Waals surface area (Å²) in [6, 6.07) is 19.8. The van der Waals surface area contributed by atoms with Crippen LogP contribution in [0.3, 0.4) is 0 Å². The molecule has 7 heteroatoms. The van der Waals surface area contributed by atoms with Gasteiger partial charge in [-0.3, -0.25) is 4.98 Å². The van der Waals surface area contributed by atoms with Gasteiger partial charge in [0.05, 0.1) is 18.3 Å². The van der Waals surface area contributed by atoms with Crippen molar-refractivity contribution in [3.05, 3.63) is 77.9 Å². The maximum atomic E-state index is 5.42. The number of aryl methyl sites for hydroxylation is 1. The Labute approximate surface area is 183 Å². The van der Waals surface area contributed by atoms with E-state index in [9.17, 15) is 0 Å². The molecular formula is C24H19N5OS. The van der Waals surface area contributed by atoms with E-state index in [1.165, 1.54) is 0 Å². The van der Waals surface area contributed by atoms with Gasteiger partial charge in [0.15, 0.2) is 11.0 Å². The molecule has 0 atom stereocenters. The first-order valence-electron chi connectivity index (χ1n) is 9.77. The summed E-state index contributed by atoms with van der Waals surface area (Å²) in [5, 5.41) is 5.06. The van der Waals surface area contributed by atoms with Gasteiger partial charge < -0.3 is 10.1 Å². The van der Waals surface area contributed by atoms with Gasteiger partial charge in [-0.25, -0.2) is 15.0 Å². The summed E-state index contributed by atoms with van der Waals surface area (Å²) in [4.78, 5) is 19.7. The molecule has 31 heavy (non-hydrogen) atoms. The van der Waals surface area contributed by atoms with E-state index in [1.54, 1.807) is 30.8 Å². The lowest BCUT2D eigenvalue weighted by Gasteiger charge is -2.10. The molecule has 0 aliphatic heterocycles. The van der Waals surface area contributed by atoms with Gasteiger partial charge >= 0.3 is 0 Å². The van der Waals surface area contributed by atoms with Crippen molar-refractivity contribution < 1.29 is 4.74 Å². The topological polar surface area (TPSA) is 72.8 Å². The van der Waals surface area contributed by atoms with E-state index < -0.39 is 0 Å². The van der Waals surface area contributed by atoms with Gasteiger partial charge in [0.2, 0.25) is 0 Å². The molecule has 5 rings (SSSR count). The van der Waals surface area contributed by atoms with Gasteiger partial charge in [0.25, 0.3) is 0 Å². The smallest absolute Gasteiger partial charge is 0.189 e. The molecular weight excluding hydrogens is 406 g/mol. The molecule has 2 aromatic carbocycles. The van der Waals surface area contributed by atoms with Crippen LogP contribution >= 0.6 is 11.3 Å². The van der Waals surface area contributed by atoms with Crippen molar-refractivity contribution in [1.29, 1.82) is 0 Å². The van der Waals surface area contributed by atoms with Crippen LogP contribution in [0, 0.1) is 6.92 Å². The lowest BCUT2D eigenvalue weighted by molar-refractivity contribution is 0.415. The first-order valence-corrected chi connectivity index (χ1v) is 10.6. The summed E-state index contributed by atoms with van der Waals surface area (Å²) < 4.78 is 5.42. The Kier molecular flexibility index (Phi) is 5.01. The molecule has 152 valence electrons. The Balaban J connectivity index is 1.61. The third kappa shape index (κ3) is 3.83. The zero-order valence-electron chi connectivity index (χ0n) is 17.0.